The molecule has 0 saturated heterocycles. The van der Waals surface area contributed by atoms with Crippen LogP contribution in [0.1, 0.15) is 24.5 Å². The summed E-state index contributed by atoms with van der Waals surface area (Å²) in [6, 6.07) is 13.7. The first-order chi connectivity index (χ1) is 11.1. The third-order valence-corrected chi connectivity index (χ3v) is 4.52. The number of hydrogen-bond donors (Lipinski definition) is 2. The number of halogens is 2. The van der Waals surface area contributed by atoms with E-state index in [1.165, 1.54) is 0 Å². The van der Waals surface area contributed by atoms with Gasteiger partial charge in [-0.05, 0) is 30.7 Å². The third kappa shape index (κ3) is 5.50. The summed E-state index contributed by atoms with van der Waals surface area (Å²) in [4.78, 5) is 0. The van der Waals surface area contributed by atoms with Gasteiger partial charge in [-0.1, -0.05) is 52.7 Å². The van der Waals surface area contributed by atoms with Gasteiger partial charge in [-0.15, -0.1) is 0 Å². The number of aliphatic hydroxyl groups is 1. The maximum absolute atomic E-state index is 9.29. The highest BCUT2D eigenvalue weighted by atomic mass is 79.9. The second kappa shape index (κ2) is 9.28. The first-order valence-corrected chi connectivity index (χ1v) is 8.80. The van der Waals surface area contributed by atoms with E-state index < -0.39 is 0 Å². The van der Waals surface area contributed by atoms with Crippen molar-refractivity contribution >= 4 is 27.5 Å². The van der Waals surface area contributed by atoms with Gasteiger partial charge in [0.15, 0.2) is 0 Å². The van der Waals surface area contributed by atoms with E-state index in [0.29, 0.717) is 18.2 Å². The van der Waals surface area contributed by atoms with Gasteiger partial charge >= 0.3 is 0 Å². The number of aliphatic hydroxyl groups excluding tert-OH is 1. The van der Waals surface area contributed by atoms with Crippen LogP contribution >= 0.6 is 27.5 Å². The molecule has 23 heavy (non-hydrogen) atoms. The topological polar surface area (TPSA) is 41.5 Å². The second-order valence-electron chi connectivity index (χ2n) is 5.30. The van der Waals surface area contributed by atoms with Gasteiger partial charge in [0.2, 0.25) is 0 Å². The molecule has 0 aliphatic rings. The van der Waals surface area contributed by atoms with E-state index in [2.05, 4.69) is 21.2 Å². The van der Waals surface area contributed by atoms with Gasteiger partial charge < -0.3 is 15.2 Å². The van der Waals surface area contributed by atoms with E-state index in [1.54, 1.807) is 0 Å². The van der Waals surface area contributed by atoms with E-state index in [1.807, 2.05) is 49.4 Å². The number of ether oxygens (including phenoxy) is 1. The van der Waals surface area contributed by atoms with Crippen LogP contribution in [0.15, 0.2) is 46.9 Å². The number of benzene rings is 2. The molecule has 0 radical (unpaired) electrons. The highest BCUT2D eigenvalue weighted by Gasteiger charge is 2.09. The lowest BCUT2D eigenvalue weighted by Gasteiger charge is -2.17. The molecule has 0 aliphatic heterocycles. The smallest absolute Gasteiger partial charge is 0.124 e. The van der Waals surface area contributed by atoms with Crippen LogP contribution in [0.5, 0.6) is 5.75 Å². The maximum atomic E-state index is 9.29. The molecule has 0 aromatic heterocycles. The van der Waals surface area contributed by atoms with Crippen molar-refractivity contribution in [2.75, 3.05) is 6.61 Å². The molecule has 2 aromatic rings. The SMILES string of the molecule is CC[C@H](CO)NCc1cc(Br)ccc1OCc1ccccc1Cl. The normalized spacial score (nSPS) is 12.2. The molecule has 0 saturated carbocycles. The Bertz CT molecular complexity index is 632. The van der Waals surface area contributed by atoms with Gasteiger partial charge in [0, 0.05) is 33.2 Å². The molecule has 0 fully saturated rings. The molecule has 2 rings (SSSR count). The fourth-order valence-corrected chi connectivity index (χ4v) is 2.79. The van der Waals surface area contributed by atoms with E-state index in [4.69, 9.17) is 16.3 Å². The summed E-state index contributed by atoms with van der Waals surface area (Å²) >= 11 is 9.66. The minimum atomic E-state index is 0.0883. The Morgan fingerprint density at radius 3 is 2.70 bits per heavy atom. The van der Waals surface area contributed by atoms with Crippen molar-refractivity contribution in [3.8, 4) is 5.75 Å². The zero-order valence-corrected chi connectivity index (χ0v) is 15.4. The molecule has 2 N–H and O–H groups in total. The van der Waals surface area contributed by atoms with Crippen molar-refractivity contribution in [2.45, 2.75) is 32.5 Å². The van der Waals surface area contributed by atoms with Crippen LogP contribution < -0.4 is 10.1 Å². The minimum Gasteiger partial charge on any atom is -0.489 e. The Kier molecular flexibility index (Phi) is 7.37. The summed E-state index contributed by atoms with van der Waals surface area (Å²) in [5.74, 6) is 0.813. The number of hydrogen-bond acceptors (Lipinski definition) is 3. The second-order valence-corrected chi connectivity index (χ2v) is 6.62. The lowest BCUT2D eigenvalue weighted by molar-refractivity contribution is 0.237. The maximum Gasteiger partial charge on any atom is 0.124 e. The molecule has 0 bridgehead atoms. The van der Waals surface area contributed by atoms with Gasteiger partial charge in [-0.3, -0.25) is 0 Å². The van der Waals surface area contributed by atoms with Crippen molar-refractivity contribution < 1.29 is 9.84 Å². The summed E-state index contributed by atoms with van der Waals surface area (Å²) in [6.45, 7) is 3.23. The average Bonchev–Trinajstić information content (AvgIpc) is 2.56. The highest BCUT2D eigenvalue weighted by Crippen LogP contribution is 2.25. The van der Waals surface area contributed by atoms with Crippen LogP contribution in [0.2, 0.25) is 5.02 Å². The zero-order chi connectivity index (χ0) is 16.7. The third-order valence-electron chi connectivity index (χ3n) is 3.66. The van der Waals surface area contributed by atoms with E-state index in [0.717, 1.165) is 27.8 Å². The molecule has 0 amide bonds. The highest BCUT2D eigenvalue weighted by molar-refractivity contribution is 9.10. The monoisotopic (exact) mass is 397 g/mol. The minimum absolute atomic E-state index is 0.0883. The standard InChI is InChI=1S/C18H21BrClNO2/c1-2-16(11-22)21-10-14-9-15(19)7-8-18(14)23-12-13-5-3-4-6-17(13)20/h3-9,16,21-22H,2,10-12H2,1H3/t16-/m1/s1. The lowest BCUT2D eigenvalue weighted by atomic mass is 10.1. The molecule has 0 aliphatic carbocycles. The van der Waals surface area contributed by atoms with Crippen LogP contribution in [0.3, 0.4) is 0 Å². The molecular formula is C18H21BrClNO2. The summed E-state index contributed by atoms with van der Waals surface area (Å²) in [5.41, 5.74) is 2.00. The van der Waals surface area contributed by atoms with Gasteiger partial charge in [-0.2, -0.15) is 0 Å². The Morgan fingerprint density at radius 2 is 2.00 bits per heavy atom. The Hall–Kier alpha value is -1.07. The van der Waals surface area contributed by atoms with Crippen molar-refractivity contribution in [3.05, 3.63) is 63.1 Å². The summed E-state index contributed by atoms with van der Waals surface area (Å²) < 4.78 is 6.95. The number of rotatable bonds is 8. The lowest BCUT2D eigenvalue weighted by Crippen LogP contribution is -2.31. The first-order valence-electron chi connectivity index (χ1n) is 7.63. The molecule has 0 heterocycles. The predicted octanol–water partition coefficient (Wildman–Crippen LogP) is 4.54. The predicted molar refractivity (Wildman–Crippen MR) is 97.9 cm³/mol. The molecule has 2 aromatic carbocycles. The van der Waals surface area contributed by atoms with Crippen LogP contribution in [0, 0.1) is 0 Å². The van der Waals surface area contributed by atoms with Gasteiger partial charge in [0.25, 0.3) is 0 Å². The first kappa shape index (κ1) is 18.3. The fraction of sp³-hybridized carbons (Fsp3) is 0.333. The quantitative estimate of drug-likeness (QED) is 0.686. The van der Waals surface area contributed by atoms with E-state index in [9.17, 15) is 5.11 Å². The molecule has 3 nitrogen and oxygen atoms in total. The van der Waals surface area contributed by atoms with E-state index >= 15 is 0 Å². The van der Waals surface area contributed by atoms with Crippen molar-refractivity contribution in [3.63, 3.8) is 0 Å². The molecule has 1 atom stereocenters. The van der Waals surface area contributed by atoms with Crippen molar-refractivity contribution in [1.29, 1.82) is 0 Å². The Morgan fingerprint density at radius 1 is 1.22 bits per heavy atom. The molecule has 124 valence electrons. The average molecular weight is 399 g/mol. The van der Waals surface area contributed by atoms with Gasteiger partial charge in [0.05, 0.1) is 6.61 Å². The zero-order valence-electron chi connectivity index (χ0n) is 13.1. The molecular weight excluding hydrogens is 378 g/mol. The van der Waals surface area contributed by atoms with Crippen LogP contribution in [-0.4, -0.2) is 17.8 Å². The molecule has 0 spiro atoms. The summed E-state index contributed by atoms with van der Waals surface area (Å²) in [7, 11) is 0. The van der Waals surface area contributed by atoms with Crippen LogP contribution in [0.4, 0.5) is 0 Å². The van der Waals surface area contributed by atoms with Crippen molar-refractivity contribution in [1.82, 2.24) is 5.32 Å². The molecule has 0 unspecified atom stereocenters. The Labute approximate surface area is 150 Å². The van der Waals surface area contributed by atoms with Gasteiger partial charge in [-0.25, -0.2) is 0 Å². The van der Waals surface area contributed by atoms with Crippen LogP contribution in [0.25, 0.3) is 0 Å². The van der Waals surface area contributed by atoms with Gasteiger partial charge in [0.1, 0.15) is 12.4 Å². The number of nitrogens with one attached hydrogen (secondary N) is 1. The summed E-state index contributed by atoms with van der Waals surface area (Å²) in [6.07, 6.45) is 0.875. The largest absolute Gasteiger partial charge is 0.489 e. The fourth-order valence-electron chi connectivity index (χ4n) is 2.19. The van der Waals surface area contributed by atoms with E-state index in [-0.39, 0.29) is 12.6 Å². The van der Waals surface area contributed by atoms with Crippen LogP contribution in [-0.2, 0) is 13.2 Å². The van der Waals surface area contributed by atoms with Crippen molar-refractivity contribution in [2.24, 2.45) is 0 Å². The summed E-state index contributed by atoms with van der Waals surface area (Å²) in [5, 5.41) is 13.3. The molecule has 5 heteroatoms. The Balaban J connectivity index is 2.07.